The zero-order valence-corrected chi connectivity index (χ0v) is 23.3. The Kier molecular flexibility index (Phi) is 11.6. The van der Waals surface area contributed by atoms with E-state index in [9.17, 15) is 14.4 Å². The molecule has 0 aromatic heterocycles. The molecule has 9 nitrogen and oxygen atoms in total. The van der Waals surface area contributed by atoms with Gasteiger partial charge in [-0.2, -0.15) is 0 Å². The van der Waals surface area contributed by atoms with Crippen molar-refractivity contribution in [3.8, 4) is 17.2 Å². The van der Waals surface area contributed by atoms with Gasteiger partial charge in [0, 0.05) is 18.2 Å². The van der Waals surface area contributed by atoms with Crippen LogP contribution in [-0.4, -0.2) is 54.4 Å². The first kappa shape index (κ1) is 29.8. The Hall–Kier alpha value is -4.78. The second kappa shape index (κ2) is 15.6. The molecule has 0 heterocycles. The number of hydrogen-bond acceptors (Lipinski definition) is 9. The molecule has 0 fully saturated rings. The van der Waals surface area contributed by atoms with Crippen molar-refractivity contribution < 1.29 is 40.0 Å². The third-order valence-electron chi connectivity index (χ3n) is 5.22. The lowest BCUT2D eigenvalue weighted by Gasteiger charge is -2.10. The molecule has 0 aliphatic rings. The van der Waals surface area contributed by atoms with Crippen molar-refractivity contribution >= 4 is 51.3 Å². The van der Waals surface area contributed by atoms with Crippen LogP contribution in [0, 0.1) is 0 Å². The molecule has 204 valence electrons. The molecule has 0 bridgehead atoms. The van der Waals surface area contributed by atoms with E-state index in [4.69, 9.17) is 25.6 Å². The van der Waals surface area contributed by atoms with Crippen LogP contribution >= 0.6 is 0 Å². The Bertz CT molecular complexity index is 1190. The van der Waals surface area contributed by atoms with Crippen molar-refractivity contribution in [2.75, 3.05) is 21.3 Å². The minimum absolute atomic E-state index is 0.663. The number of rotatable bonds is 12. The predicted molar refractivity (Wildman–Crippen MR) is 150 cm³/mol. The highest BCUT2D eigenvalue weighted by Crippen LogP contribution is 2.15. The van der Waals surface area contributed by atoms with E-state index in [0.29, 0.717) is 33.9 Å². The summed E-state index contributed by atoms with van der Waals surface area (Å²) in [6.45, 7) is 0. The van der Waals surface area contributed by atoms with Gasteiger partial charge in [0.2, 0.25) is 0 Å². The first-order chi connectivity index (χ1) is 19.4. The molecule has 3 aromatic carbocycles. The third kappa shape index (κ3) is 10.2. The standard InChI is InChI=1S/3C10H10O3.Al/c3*1-13-9-5-2-8(3-6-9)4-7-10(11)12;/h3*2-7H,1H3,(H,11,12);/q;;;+3/p-3. The second-order valence-corrected chi connectivity index (χ2v) is 9.20. The Morgan fingerprint density at radius 1 is 0.475 bits per heavy atom. The van der Waals surface area contributed by atoms with Crippen LogP contribution in [-0.2, 0) is 25.7 Å². The van der Waals surface area contributed by atoms with Crippen molar-refractivity contribution in [1.82, 2.24) is 0 Å². The van der Waals surface area contributed by atoms with Gasteiger partial charge in [-0.3, -0.25) is 14.4 Å². The van der Waals surface area contributed by atoms with E-state index in [1.807, 2.05) is 0 Å². The molecular weight excluding hydrogens is 531 g/mol. The topological polar surface area (TPSA) is 107 Å². The number of carbonyl (C=O) groups is 3. The first-order valence-electron chi connectivity index (χ1n) is 12.0. The maximum absolute atomic E-state index is 12.5. The predicted octanol–water partition coefficient (Wildman–Crippen LogP) is 4.77. The van der Waals surface area contributed by atoms with Crippen LogP contribution in [0.4, 0.5) is 0 Å². The van der Waals surface area contributed by atoms with Gasteiger partial charge in [-0.05, 0) is 71.3 Å². The van der Waals surface area contributed by atoms with Crippen molar-refractivity contribution in [3.63, 3.8) is 0 Å². The lowest BCUT2D eigenvalue weighted by molar-refractivity contribution is -0.141. The summed E-state index contributed by atoms with van der Waals surface area (Å²) in [5.41, 5.74) is 2.11. The quantitative estimate of drug-likeness (QED) is 0.230. The molecule has 0 aliphatic heterocycles. The summed E-state index contributed by atoms with van der Waals surface area (Å²) in [6, 6.07) is 20.8. The van der Waals surface area contributed by atoms with Gasteiger partial charge in [0.05, 0.1) is 21.3 Å². The van der Waals surface area contributed by atoms with Crippen LogP contribution in [0.1, 0.15) is 16.7 Å². The first-order valence-corrected chi connectivity index (χ1v) is 13.4. The zero-order chi connectivity index (χ0) is 28.7. The van der Waals surface area contributed by atoms with Crippen molar-refractivity contribution in [1.29, 1.82) is 0 Å². The van der Waals surface area contributed by atoms with Crippen LogP contribution in [0.25, 0.3) is 18.2 Å². The van der Waals surface area contributed by atoms with E-state index in [1.165, 1.54) is 18.2 Å². The van der Waals surface area contributed by atoms with Gasteiger partial charge < -0.3 is 25.6 Å². The van der Waals surface area contributed by atoms with Crippen molar-refractivity contribution in [2.24, 2.45) is 0 Å². The van der Waals surface area contributed by atoms with Gasteiger partial charge in [0.1, 0.15) is 17.2 Å². The summed E-state index contributed by atoms with van der Waals surface area (Å²) in [5.74, 6) is -0.534. The Balaban J connectivity index is 1.67. The molecule has 0 saturated carbocycles. The normalized spacial score (nSPS) is 10.9. The highest BCUT2D eigenvalue weighted by atomic mass is 27.3. The minimum atomic E-state index is -3.59. The molecule has 10 heteroatoms. The molecular formula is C30H27AlO9. The van der Waals surface area contributed by atoms with Gasteiger partial charge in [-0.25, -0.2) is 0 Å². The fourth-order valence-electron chi connectivity index (χ4n) is 3.11. The molecule has 0 saturated heterocycles. The van der Waals surface area contributed by atoms with Gasteiger partial charge >= 0.3 is 15.1 Å². The monoisotopic (exact) mass is 558 g/mol. The maximum atomic E-state index is 12.5. The zero-order valence-electron chi connectivity index (χ0n) is 22.1. The SMILES string of the molecule is COc1ccc(C=CC(=O)[O][Al]([O]C(=O)C=Cc2ccc(OC)cc2)[O]C(=O)C=Cc2ccc(OC)cc2)cc1. The van der Waals surface area contributed by atoms with E-state index in [0.717, 1.165) is 18.2 Å². The third-order valence-corrected chi connectivity index (χ3v) is 6.49. The summed E-state index contributed by atoms with van der Waals surface area (Å²) >= 11 is -3.59. The van der Waals surface area contributed by atoms with Crippen LogP contribution in [0.2, 0.25) is 0 Å². The summed E-state index contributed by atoms with van der Waals surface area (Å²) in [5, 5.41) is 0. The van der Waals surface area contributed by atoms with Crippen molar-refractivity contribution in [2.45, 2.75) is 0 Å². The lowest BCUT2D eigenvalue weighted by Crippen LogP contribution is -2.33. The molecule has 3 aromatic rings. The molecule has 0 radical (unpaired) electrons. The van der Waals surface area contributed by atoms with Gasteiger partial charge in [0.15, 0.2) is 0 Å². The fourth-order valence-corrected chi connectivity index (χ4v) is 4.06. The number of ether oxygens (including phenoxy) is 3. The Morgan fingerprint density at radius 2 is 0.725 bits per heavy atom. The van der Waals surface area contributed by atoms with E-state index in [1.54, 1.807) is 94.1 Å². The van der Waals surface area contributed by atoms with Crippen LogP contribution in [0.5, 0.6) is 17.2 Å². The molecule has 0 amide bonds. The summed E-state index contributed by atoms with van der Waals surface area (Å²) < 4.78 is 31.0. The van der Waals surface area contributed by atoms with Gasteiger partial charge in [-0.15, -0.1) is 0 Å². The number of carbonyl (C=O) groups excluding carboxylic acids is 3. The Morgan fingerprint density at radius 3 is 0.950 bits per heavy atom. The molecule has 40 heavy (non-hydrogen) atoms. The molecule has 0 spiro atoms. The number of hydrogen-bond donors (Lipinski definition) is 0. The smallest absolute Gasteiger partial charge is 0.547 e. The molecule has 0 N–H and O–H groups in total. The minimum Gasteiger partial charge on any atom is -0.547 e. The average molecular weight is 559 g/mol. The van der Waals surface area contributed by atoms with Gasteiger partial charge in [0.25, 0.3) is 17.9 Å². The summed E-state index contributed by atoms with van der Waals surface area (Å²) in [7, 11) is 4.65. The Labute approximate surface area is 237 Å². The fraction of sp³-hybridized carbons (Fsp3) is 0.100. The van der Waals surface area contributed by atoms with Crippen LogP contribution in [0.15, 0.2) is 91.0 Å². The summed E-state index contributed by atoms with van der Waals surface area (Å²) in [4.78, 5) is 37.4. The highest BCUT2D eigenvalue weighted by molar-refractivity contribution is 6.45. The van der Waals surface area contributed by atoms with Crippen molar-refractivity contribution in [3.05, 3.63) is 108 Å². The van der Waals surface area contributed by atoms with E-state index >= 15 is 0 Å². The van der Waals surface area contributed by atoms with Gasteiger partial charge in [-0.1, -0.05) is 36.4 Å². The van der Waals surface area contributed by atoms with Crippen LogP contribution < -0.4 is 14.2 Å². The lowest BCUT2D eigenvalue weighted by atomic mass is 10.2. The molecule has 3 rings (SSSR count). The van der Waals surface area contributed by atoms with Crippen LogP contribution in [0.3, 0.4) is 0 Å². The molecule has 0 atom stereocenters. The largest absolute Gasteiger partial charge is 1.20 e. The van der Waals surface area contributed by atoms with E-state index < -0.39 is 33.1 Å². The molecule has 0 unspecified atom stereocenters. The van der Waals surface area contributed by atoms with E-state index in [-0.39, 0.29) is 0 Å². The number of methoxy groups -OCH3 is 3. The maximum Gasteiger partial charge on any atom is 1.20 e. The van der Waals surface area contributed by atoms with E-state index in [2.05, 4.69) is 0 Å². The second-order valence-electron chi connectivity index (χ2n) is 7.92. The summed E-state index contributed by atoms with van der Waals surface area (Å²) in [6.07, 6.45) is 7.94. The average Bonchev–Trinajstić information content (AvgIpc) is 2.98. The number of benzene rings is 3. The molecule has 0 aliphatic carbocycles. The highest BCUT2D eigenvalue weighted by Gasteiger charge is 2.48.